The number of nitrogens with zero attached hydrogens (tertiary/aromatic N) is 1. The Kier molecular flexibility index (Phi) is 4.74. The smallest absolute Gasteiger partial charge is 0.324 e. The van der Waals surface area contributed by atoms with Crippen molar-refractivity contribution < 1.29 is 23.5 Å². The highest BCUT2D eigenvalue weighted by molar-refractivity contribution is 5.98. The molecule has 3 amide bonds. The van der Waals surface area contributed by atoms with Crippen molar-refractivity contribution in [2.45, 2.75) is 44.1 Å². The van der Waals surface area contributed by atoms with Crippen molar-refractivity contribution >= 4 is 17.9 Å². The van der Waals surface area contributed by atoms with Gasteiger partial charge in [-0.1, -0.05) is 25.0 Å². The summed E-state index contributed by atoms with van der Waals surface area (Å²) in [4.78, 5) is 37.9. The van der Waals surface area contributed by atoms with Gasteiger partial charge in [0.1, 0.15) is 5.82 Å². The molecule has 25 heavy (non-hydrogen) atoms. The number of carbonyl (C=O) groups is 3. The number of imide groups is 1. The van der Waals surface area contributed by atoms with E-state index in [9.17, 15) is 18.8 Å². The molecule has 1 saturated heterocycles. The predicted molar refractivity (Wildman–Crippen MR) is 87.2 cm³/mol. The molecule has 0 spiro atoms. The number of nitrogens with one attached hydrogen (secondary N) is 1. The van der Waals surface area contributed by atoms with Crippen LogP contribution < -0.4 is 5.32 Å². The zero-order chi connectivity index (χ0) is 18.0. The number of hydrogen-bond donors (Lipinski definition) is 1. The summed E-state index contributed by atoms with van der Waals surface area (Å²) in [7, 11) is 0. The molecule has 1 heterocycles. The Morgan fingerprint density at radius 2 is 1.88 bits per heavy atom. The van der Waals surface area contributed by atoms with Gasteiger partial charge >= 0.3 is 12.0 Å². The first-order valence-electron chi connectivity index (χ1n) is 8.50. The second-order valence-electron chi connectivity index (χ2n) is 6.57. The third-order valence-corrected chi connectivity index (χ3v) is 5.00. The molecule has 0 bridgehead atoms. The zero-order valence-electron chi connectivity index (χ0n) is 14.1. The number of urea groups is 1. The van der Waals surface area contributed by atoms with Crippen LogP contribution in [0, 0.1) is 5.82 Å². The van der Waals surface area contributed by atoms with Gasteiger partial charge in [-0.2, -0.15) is 0 Å². The van der Waals surface area contributed by atoms with E-state index in [1.807, 2.05) is 0 Å². The Balaban J connectivity index is 1.76. The third-order valence-electron chi connectivity index (χ3n) is 5.00. The van der Waals surface area contributed by atoms with Crippen LogP contribution in [0.3, 0.4) is 0 Å². The van der Waals surface area contributed by atoms with Crippen molar-refractivity contribution in [1.82, 2.24) is 10.2 Å². The van der Waals surface area contributed by atoms with Crippen LogP contribution in [0.1, 0.15) is 38.2 Å². The second kappa shape index (κ2) is 6.82. The van der Waals surface area contributed by atoms with Gasteiger partial charge in [-0.3, -0.25) is 14.5 Å². The molecule has 1 N–H and O–H groups in total. The SMILES string of the molecule is C[C@@H](OC(=O)C1(c2ccc(F)cc2)CCCC1)C(=O)N1CCNC1=O. The van der Waals surface area contributed by atoms with Gasteiger partial charge in [0.15, 0.2) is 6.10 Å². The zero-order valence-corrected chi connectivity index (χ0v) is 14.1. The predicted octanol–water partition coefficient (Wildman–Crippen LogP) is 2.12. The standard InChI is InChI=1S/C18H21FN2O4/c1-12(15(22)21-11-10-20-17(21)24)25-16(23)18(8-2-3-9-18)13-4-6-14(19)7-5-13/h4-7,12H,2-3,8-11H2,1H3,(H,20,24)/t12-/m1/s1. The molecule has 1 aromatic carbocycles. The van der Waals surface area contributed by atoms with Crippen LogP contribution >= 0.6 is 0 Å². The molecule has 1 atom stereocenters. The molecular weight excluding hydrogens is 327 g/mol. The summed E-state index contributed by atoms with van der Waals surface area (Å²) in [6.07, 6.45) is 1.88. The van der Waals surface area contributed by atoms with Gasteiger partial charge in [0.25, 0.3) is 5.91 Å². The third kappa shape index (κ3) is 3.23. The van der Waals surface area contributed by atoms with Gasteiger partial charge in [-0.05, 0) is 37.5 Å². The van der Waals surface area contributed by atoms with Gasteiger partial charge < -0.3 is 10.1 Å². The van der Waals surface area contributed by atoms with Gasteiger partial charge in [0.2, 0.25) is 0 Å². The molecule has 7 heteroatoms. The van der Waals surface area contributed by atoms with E-state index in [1.165, 1.54) is 19.1 Å². The number of rotatable bonds is 4. The Bertz CT molecular complexity index is 683. The molecule has 0 radical (unpaired) electrons. The number of hydrogen-bond acceptors (Lipinski definition) is 4. The Hall–Kier alpha value is -2.44. The fourth-order valence-corrected chi connectivity index (χ4v) is 3.58. The number of benzene rings is 1. The summed E-state index contributed by atoms with van der Waals surface area (Å²) in [6, 6.07) is 5.38. The van der Waals surface area contributed by atoms with Crippen LogP contribution in [-0.2, 0) is 19.7 Å². The Labute approximate surface area is 145 Å². The lowest BCUT2D eigenvalue weighted by molar-refractivity contribution is -0.162. The van der Waals surface area contributed by atoms with Crippen molar-refractivity contribution in [3.63, 3.8) is 0 Å². The highest BCUT2D eigenvalue weighted by Crippen LogP contribution is 2.42. The minimum atomic E-state index is -1.05. The van der Waals surface area contributed by atoms with Gasteiger partial charge in [0.05, 0.1) is 5.41 Å². The van der Waals surface area contributed by atoms with E-state index in [4.69, 9.17) is 4.74 Å². The fourth-order valence-electron chi connectivity index (χ4n) is 3.58. The Morgan fingerprint density at radius 1 is 1.24 bits per heavy atom. The average molecular weight is 348 g/mol. The molecule has 3 rings (SSSR count). The quantitative estimate of drug-likeness (QED) is 0.846. The molecule has 0 aromatic heterocycles. The van der Waals surface area contributed by atoms with Crippen LogP contribution in [0.25, 0.3) is 0 Å². The molecule has 134 valence electrons. The number of halogens is 1. The first-order valence-corrected chi connectivity index (χ1v) is 8.50. The van der Waals surface area contributed by atoms with Gasteiger partial charge in [-0.15, -0.1) is 0 Å². The highest BCUT2D eigenvalue weighted by Gasteiger charge is 2.45. The molecule has 1 saturated carbocycles. The maximum Gasteiger partial charge on any atom is 0.324 e. The van der Waals surface area contributed by atoms with E-state index in [2.05, 4.69) is 5.32 Å². The maximum absolute atomic E-state index is 13.2. The lowest BCUT2D eigenvalue weighted by atomic mass is 9.79. The van der Waals surface area contributed by atoms with Gasteiger partial charge in [-0.25, -0.2) is 9.18 Å². The second-order valence-corrected chi connectivity index (χ2v) is 6.57. The maximum atomic E-state index is 13.2. The van der Waals surface area contributed by atoms with Crippen LogP contribution in [-0.4, -0.2) is 42.0 Å². The molecule has 2 fully saturated rings. The highest BCUT2D eigenvalue weighted by atomic mass is 19.1. The number of amides is 3. The van der Waals surface area contributed by atoms with Crippen molar-refractivity contribution in [2.75, 3.05) is 13.1 Å². The van der Waals surface area contributed by atoms with E-state index >= 15 is 0 Å². The lowest BCUT2D eigenvalue weighted by Gasteiger charge is -2.29. The largest absolute Gasteiger partial charge is 0.452 e. The number of ether oxygens (including phenoxy) is 1. The van der Waals surface area contributed by atoms with E-state index < -0.39 is 29.4 Å². The minimum Gasteiger partial charge on any atom is -0.452 e. The van der Waals surface area contributed by atoms with E-state index in [-0.39, 0.29) is 12.4 Å². The summed E-state index contributed by atoms with van der Waals surface area (Å²) in [5, 5.41) is 2.54. The van der Waals surface area contributed by atoms with Crippen LogP contribution in [0.4, 0.5) is 9.18 Å². The minimum absolute atomic E-state index is 0.267. The van der Waals surface area contributed by atoms with Crippen molar-refractivity contribution in [3.05, 3.63) is 35.6 Å². The molecule has 1 aliphatic carbocycles. The molecule has 2 aliphatic rings. The first-order chi connectivity index (χ1) is 11.9. The topological polar surface area (TPSA) is 75.7 Å². The summed E-state index contributed by atoms with van der Waals surface area (Å²) in [6.45, 7) is 2.13. The number of esters is 1. The Morgan fingerprint density at radius 3 is 2.44 bits per heavy atom. The van der Waals surface area contributed by atoms with Crippen LogP contribution in [0.5, 0.6) is 0 Å². The molecule has 6 nitrogen and oxygen atoms in total. The van der Waals surface area contributed by atoms with E-state index in [0.29, 0.717) is 24.9 Å². The molecule has 0 unspecified atom stereocenters. The van der Waals surface area contributed by atoms with Gasteiger partial charge in [0, 0.05) is 13.1 Å². The molecule has 1 aliphatic heterocycles. The summed E-state index contributed by atoms with van der Waals surface area (Å²) < 4.78 is 18.7. The fraction of sp³-hybridized carbons (Fsp3) is 0.500. The van der Waals surface area contributed by atoms with E-state index in [1.54, 1.807) is 12.1 Å². The van der Waals surface area contributed by atoms with Crippen molar-refractivity contribution in [2.24, 2.45) is 0 Å². The van der Waals surface area contributed by atoms with Crippen LogP contribution in [0.2, 0.25) is 0 Å². The summed E-state index contributed by atoms with van der Waals surface area (Å²) in [5.74, 6) is -1.39. The van der Waals surface area contributed by atoms with Crippen molar-refractivity contribution in [1.29, 1.82) is 0 Å². The van der Waals surface area contributed by atoms with Crippen LogP contribution in [0.15, 0.2) is 24.3 Å². The van der Waals surface area contributed by atoms with Crippen molar-refractivity contribution in [3.8, 4) is 0 Å². The molecule has 1 aromatic rings. The molecular formula is C18H21FN2O4. The summed E-state index contributed by atoms with van der Waals surface area (Å²) >= 11 is 0. The first kappa shape index (κ1) is 17.4. The average Bonchev–Trinajstić information content (AvgIpc) is 3.24. The van der Waals surface area contributed by atoms with E-state index in [0.717, 1.165) is 17.7 Å². The normalized spacial score (nSPS) is 20.2. The lowest BCUT2D eigenvalue weighted by Crippen LogP contribution is -2.44. The number of carbonyl (C=O) groups excluding carboxylic acids is 3. The summed E-state index contributed by atoms with van der Waals surface area (Å²) in [5.41, 5.74) is -0.148. The monoisotopic (exact) mass is 348 g/mol.